The van der Waals surface area contributed by atoms with Gasteiger partial charge in [-0.3, -0.25) is 0 Å². The normalized spacial score (nSPS) is 9.61. The lowest BCUT2D eigenvalue weighted by Crippen LogP contribution is -1.88. The Morgan fingerprint density at radius 2 is 1.50 bits per heavy atom. The van der Waals surface area contributed by atoms with Gasteiger partial charge >= 0.3 is 0 Å². The maximum atomic E-state index is 9.66. The van der Waals surface area contributed by atoms with Crippen molar-refractivity contribution < 1.29 is 5.11 Å². The first-order chi connectivity index (χ1) is 8.81. The molecule has 0 saturated carbocycles. The van der Waals surface area contributed by atoms with Crippen LogP contribution in [0.2, 0.25) is 0 Å². The van der Waals surface area contributed by atoms with E-state index < -0.39 is 0 Å². The lowest BCUT2D eigenvalue weighted by Gasteiger charge is -2.01. The van der Waals surface area contributed by atoms with Gasteiger partial charge in [-0.15, -0.1) is 0 Å². The zero-order valence-electron chi connectivity index (χ0n) is 10.5. The van der Waals surface area contributed by atoms with Crippen molar-refractivity contribution in [2.24, 2.45) is 0 Å². The van der Waals surface area contributed by atoms with Gasteiger partial charge in [0.25, 0.3) is 0 Å². The smallest absolute Gasteiger partial charge is 0.131 e. The van der Waals surface area contributed by atoms with Crippen LogP contribution in [-0.2, 0) is 6.42 Å². The summed E-state index contributed by atoms with van der Waals surface area (Å²) in [5.74, 6) is 6.41. The monoisotopic (exact) mass is 236 g/mol. The third-order valence-corrected chi connectivity index (χ3v) is 2.77. The molecular weight excluding hydrogens is 220 g/mol. The van der Waals surface area contributed by atoms with Crippen molar-refractivity contribution >= 4 is 0 Å². The first-order valence-electron chi connectivity index (χ1n) is 6.19. The quantitative estimate of drug-likeness (QED) is 0.787. The fraction of sp³-hybridized carbons (Fsp3) is 0.176. The lowest BCUT2D eigenvalue weighted by atomic mass is 10.0. The average molecular weight is 236 g/mol. The van der Waals surface area contributed by atoms with Gasteiger partial charge in [-0.05, 0) is 30.2 Å². The van der Waals surface area contributed by atoms with Crippen molar-refractivity contribution in [1.29, 1.82) is 0 Å². The summed E-state index contributed by atoms with van der Waals surface area (Å²) < 4.78 is 0. The number of para-hydroxylation sites is 1. The Labute approximate surface area is 108 Å². The van der Waals surface area contributed by atoms with E-state index in [4.69, 9.17) is 0 Å². The van der Waals surface area contributed by atoms with Crippen molar-refractivity contribution in [2.45, 2.75) is 19.8 Å². The maximum absolute atomic E-state index is 9.66. The Kier molecular flexibility index (Phi) is 4.04. The summed E-state index contributed by atoms with van der Waals surface area (Å²) in [7, 11) is 0. The van der Waals surface area contributed by atoms with Gasteiger partial charge in [-0.2, -0.15) is 0 Å². The van der Waals surface area contributed by atoms with E-state index in [1.165, 1.54) is 5.56 Å². The van der Waals surface area contributed by atoms with Crippen molar-refractivity contribution in [3.8, 4) is 17.6 Å². The summed E-state index contributed by atoms with van der Waals surface area (Å²) in [5.41, 5.74) is 2.98. The van der Waals surface area contributed by atoms with Gasteiger partial charge in [0.2, 0.25) is 0 Å². The molecule has 0 bridgehead atoms. The second-order valence-corrected chi connectivity index (χ2v) is 4.17. The maximum Gasteiger partial charge on any atom is 0.131 e. The summed E-state index contributed by atoms with van der Waals surface area (Å²) in [4.78, 5) is 0. The lowest BCUT2D eigenvalue weighted by molar-refractivity contribution is 0.473. The first kappa shape index (κ1) is 12.3. The minimum absolute atomic E-state index is 0.234. The van der Waals surface area contributed by atoms with Crippen LogP contribution in [0.25, 0.3) is 0 Å². The molecule has 2 aromatic rings. The van der Waals surface area contributed by atoms with E-state index in [-0.39, 0.29) is 5.75 Å². The van der Waals surface area contributed by atoms with Gasteiger partial charge in [0, 0.05) is 5.56 Å². The summed E-state index contributed by atoms with van der Waals surface area (Å²) in [6.45, 7) is 2.16. The standard InChI is InChI=1S/C17H16O/c1-2-7-14-8-3-4-9-15(14)12-13-16-10-5-6-11-17(16)18/h3-6,8-11,18H,2,7H2,1H3. The molecule has 1 nitrogen and oxygen atoms in total. The Morgan fingerprint density at radius 1 is 0.889 bits per heavy atom. The van der Waals surface area contributed by atoms with Crippen LogP contribution in [0.4, 0.5) is 0 Å². The van der Waals surface area contributed by atoms with Crippen molar-refractivity contribution in [3.63, 3.8) is 0 Å². The van der Waals surface area contributed by atoms with Gasteiger partial charge in [-0.25, -0.2) is 0 Å². The molecular formula is C17H16O. The fourth-order valence-electron chi connectivity index (χ4n) is 1.84. The van der Waals surface area contributed by atoms with Gasteiger partial charge in [0.05, 0.1) is 5.56 Å². The summed E-state index contributed by atoms with van der Waals surface area (Å²) in [6.07, 6.45) is 2.14. The minimum atomic E-state index is 0.234. The van der Waals surface area contributed by atoms with E-state index in [1.54, 1.807) is 12.1 Å². The molecule has 2 rings (SSSR count). The van der Waals surface area contributed by atoms with E-state index >= 15 is 0 Å². The van der Waals surface area contributed by atoms with E-state index in [0.29, 0.717) is 5.56 Å². The molecule has 0 radical (unpaired) electrons. The van der Waals surface area contributed by atoms with Gasteiger partial charge in [-0.1, -0.05) is 55.5 Å². The second kappa shape index (κ2) is 5.93. The first-order valence-corrected chi connectivity index (χ1v) is 6.19. The zero-order chi connectivity index (χ0) is 12.8. The molecule has 0 heterocycles. The molecule has 0 aliphatic rings. The molecule has 1 N–H and O–H groups in total. The van der Waals surface area contributed by atoms with Crippen LogP contribution in [0.3, 0.4) is 0 Å². The van der Waals surface area contributed by atoms with Crippen molar-refractivity contribution in [2.75, 3.05) is 0 Å². The van der Waals surface area contributed by atoms with E-state index in [2.05, 4.69) is 24.8 Å². The van der Waals surface area contributed by atoms with Gasteiger partial charge < -0.3 is 5.11 Å². The highest BCUT2D eigenvalue weighted by Gasteiger charge is 1.98. The van der Waals surface area contributed by atoms with Crippen molar-refractivity contribution in [3.05, 3.63) is 65.2 Å². The highest BCUT2D eigenvalue weighted by molar-refractivity contribution is 5.50. The van der Waals surface area contributed by atoms with Crippen LogP contribution in [0.15, 0.2) is 48.5 Å². The number of aromatic hydroxyl groups is 1. The minimum Gasteiger partial charge on any atom is -0.507 e. The highest BCUT2D eigenvalue weighted by Crippen LogP contribution is 2.15. The molecule has 90 valence electrons. The highest BCUT2D eigenvalue weighted by atomic mass is 16.3. The zero-order valence-corrected chi connectivity index (χ0v) is 10.5. The number of benzene rings is 2. The molecule has 0 amide bonds. The third kappa shape index (κ3) is 2.93. The molecule has 0 atom stereocenters. The van der Waals surface area contributed by atoms with Crippen LogP contribution in [0, 0.1) is 11.8 Å². The largest absolute Gasteiger partial charge is 0.507 e. The van der Waals surface area contributed by atoms with Crippen LogP contribution < -0.4 is 0 Å². The molecule has 0 fully saturated rings. The molecule has 1 heteroatoms. The Bertz CT molecular complexity index is 588. The predicted octanol–water partition coefficient (Wildman–Crippen LogP) is 3.74. The number of rotatable bonds is 2. The second-order valence-electron chi connectivity index (χ2n) is 4.17. The topological polar surface area (TPSA) is 20.2 Å². The molecule has 0 aliphatic heterocycles. The number of hydrogen-bond donors (Lipinski definition) is 1. The van der Waals surface area contributed by atoms with E-state index in [9.17, 15) is 5.11 Å². The van der Waals surface area contributed by atoms with Crippen molar-refractivity contribution in [1.82, 2.24) is 0 Å². The van der Waals surface area contributed by atoms with E-state index in [0.717, 1.165) is 18.4 Å². The van der Waals surface area contributed by atoms with Gasteiger partial charge in [0.15, 0.2) is 0 Å². The fourth-order valence-corrected chi connectivity index (χ4v) is 1.84. The Hall–Kier alpha value is -2.20. The number of aryl methyl sites for hydroxylation is 1. The number of phenols is 1. The molecule has 0 aliphatic carbocycles. The summed E-state index contributed by atoms with van der Waals surface area (Å²) in [6, 6.07) is 15.3. The molecule has 0 saturated heterocycles. The predicted molar refractivity (Wildman–Crippen MR) is 74.5 cm³/mol. The molecule has 18 heavy (non-hydrogen) atoms. The molecule has 2 aromatic carbocycles. The van der Waals surface area contributed by atoms with Crippen LogP contribution in [0.5, 0.6) is 5.75 Å². The molecule has 0 aromatic heterocycles. The summed E-state index contributed by atoms with van der Waals surface area (Å²) >= 11 is 0. The number of hydrogen-bond acceptors (Lipinski definition) is 1. The van der Waals surface area contributed by atoms with Gasteiger partial charge in [0.1, 0.15) is 5.75 Å². The SMILES string of the molecule is CCCc1ccccc1C#Cc1ccccc1O. The summed E-state index contributed by atoms with van der Waals surface area (Å²) in [5, 5.41) is 9.66. The van der Waals surface area contributed by atoms with Crippen LogP contribution in [-0.4, -0.2) is 5.11 Å². The van der Waals surface area contributed by atoms with E-state index in [1.807, 2.05) is 30.3 Å². The van der Waals surface area contributed by atoms with Crippen LogP contribution >= 0.6 is 0 Å². The molecule has 0 unspecified atom stereocenters. The number of phenolic OH excluding ortho intramolecular Hbond substituents is 1. The van der Waals surface area contributed by atoms with Crippen LogP contribution in [0.1, 0.15) is 30.0 Å². The molecule has 0 spiro atoms. The average Bonchev–Trinajstić information content (AvgIpc) is 2.40. The Morgan fingerprint density at radius 3 is 2.22 bits per heavy atom. The Balaban J connectivity index is 2.33. The third-order valence-electron chi connectivity index (χ3n) is 2.77.